The number of rotatable bonds is 7. The van der Waals surface area contributed by atoms with E-state index in [2.05, 4.69) is 19.2 Å². The zero-order valence-corrected chi connectivity index (χ0v) is 9.81. The maximum Gasteiger partial charge on any atom is 0.00104 e. The number of hydrogen-bond donors (Lipinski definition) is 2. The second kappa shape index (κ2) is 5.72. The zero-order valence-electron chi connectivity index (χ0n) is 9.81. The van der Waals surface area contributed by atoms with Gasteiger partial charge in [-0.15, -0.1) is 0 Å². The fourth-order valence-electron chi connectivity index (χ4n) is 2.06. The van der Waals surface area contributed by atoms with Crippen molar-refractivity contribution in [2.45, 2.75) is 58.4 Å². The van der Waals surface area contributed by atoms with Gasteiger partial charge < -0.3 is 11.1 Å². The Hall–Kier alpha value is -0.0800. The molecule has 3 N–H and O–H groups in total. The fraction of sp³-hybridized carbons (Fsp3) is 1.00. The molecule has 0 spiro atoms. The molecule has 1 aliphatic rings. The van der Waals surface area contributed by atoms with E-state index in [4.69, 9.17) is 5.73 Å². The molecule has 1 unspecified atom stereocenters. The molecule has 0 aromatic carbocycles. The van der Waals surface area contributed by atoms with Gasteiger partial charge in [-0.3, -0.25) is 0 Å². The molecule has 0 bridgehead atoms. The van der Waals surface area contributed by atoms with Crippen LogP contribution in [0.5, 0.6) is 0 Å². The highest BCUT2D eigenvalue weighted by molar-refractivity contribution is 4.84. The van der Waals surface area contributed by atoms with E-state index in [1.165, 1.54) is 51.6 Å². The molecule has 0 radical (unpaired) electrons. The van der Waals surface area contributed by atoms with E-state index in [1.807, 2.05) is 0 Å². The summed E-state index contributed by atoms with van der Waals surface area (Å²) in [5, 5.41) is 3.56. The van der Waals surface area contributed by atoms with E-state index in [0.29, 0.717) is 11.5 Å². The van der Waals surface area contributed by atoms with Gasteiger partial charge in [0.1, 0.15) is 0 Å². The predicted molar refractivity (Wildman–Crippen MR) is 62.3 cm³/mol. The summed E-state index contributed by atoms with van der Waals surface area (Å²) < 4.78 is 0. The van der Waals surface area contributed by atoms with Crippen LogP contribution in [0, 0.1) is 5.41 Å². The van der Waals surface area contributed by atoms with E-state index in [-0.39, 0.29) is 0 Å². The van der Waals surface area contributed by atoms with Crippen molar-refractivity contribution in [1.82, 2.24) is 5.32 Å². The van der Waals surface area contributed by atoms with Crippen molar-refractivity contribution >= 4 is 0 Å². The van der Waals surface area contributed by atoms with Crippen molar-refractivity contribution < 1.29 is 0 Å². The van der Waals surface area contributed by atoms with Crippen molar-refractivity contribution in [3.63, 3.8) is 0 Å². The molecule has 1 atom stereocenters. The number of nitrogens with two attached hydrogens (primary N) is 1. The van der Waals surface area contributed by atoms with Crippen molar-refractivity contribution in [3.05, 3.63) is 0 Å². The van der Waals surface area contributed by atoms with Gasteiger partial charge in [0.2, 0.25) is 0 Å². The van der Waals surface area contributed by atoms with E-state index in [1.54, 1.807) is 0 Å². The van der Waals surface area contributed by atoms with Crippen LogP contribution in [0.4, 0.5) is 0 Å². The molecule has 1 rings (SSSR count). The Morgan fingerprint density at radius 3 is 2.57 bits per heavy atom. The average molecular weight is 198 g/mol. The summed E-state index contributed by atoms with van der Waals surface area (Å²) in [6, 6.07) is 0.374. The molecule has 0 aromatic rings. The largest absolute Gasteiger partial charge is 0.328 e. The minimum atomic E-state index is 0.374. The van der Waals surface area contributed by atoms with Gasteiger partial charge >= 0.3 is 0 Å². The van der Waals surface area contributed by atoms with Gasteiger partial charge in [0.25, 0.3) is 0 Å². The third-order valence-corrected chi connectivity index (χ3v) is 3.38. The molecule has 14 heavy (non-hydrogen) atoms. The quantitative estimate of drug-likeness (QED) is 0.616. The molecule has 1 aliphatic carbocycles. The highest BCUT2D eigenvalue weighted by atomic mass is 14.9. The Kier molecular flexibility index (Phi) is 4.90. The van der Waals surface area contributed by atoms with Crippen LogP contribution in [0.15, 0.2) is 0 Å². The molecule has 84 valence electrons. The molecule has 2 nitrogen and oxygen atoms in total. The molecule has 2 heteroatoms. The molecule has 0 heterocycles. The van der Waals surface area contributed by atoms with Crippen LogP contribution in [0.2, 0.25) is 0 Å². The molecular formula is C12H26N2. The molecule has 0 aromatic heterocycles. The number of hydrogen-bond acceptors (Lipinski definition) is 2. The highest BCUT2D eigenvalue weighted by Crippen LogP contribution is 2.39. The smallest absolute Gasteiger partial charge is 0.00104 e. The summed E-state index contributed by atoms with van der Waals surface area (Å²) in [5.41, 5.74) is 6.31. The van der Waals surface area contributed by atoms with Crippen LogP contribution >= 0.6 is 0 Å². The third kappa shape index (κ3) is 4.43. The molecular weight excluding hydrogens is 172 g/mol. The number of nitrogens with one attached hydrogen (secondary N) is 1. The SMILES string of the molecule is CC(N)CCCCNCC1(C)CCC1. The predicted octanol–water partition coefficient (Wildman–Crippen LogP) is 2.28. The first-order valence-corrected chi connectivity index (χ1v) is 6.09. The maximum atomic E-state index is 5.69. The monoisotopic (exact) mass is 198 g/mol. The average Bonchev–Trinajstić information content (AvgIpc) is 2.07. The third-order valence-electron chi connectivity index (χ3n) is 3.38. The lowest BCUT2D eigenvalue weighted by Gasteiger charge is -2.38. The van der Waals surface area contributed by atoms with Crippen molar-refractivity contribution in [3.8, 4) is 0 Å². The first-order valence-electron chi connectivity index (χ1n) is 6.09. The Morgan fingerprint density at radius 2 is 2.07 bits per heavy atom. The topological polar surface area (TPSA) is 38.0 Å². The van der Waals surface area contributed by atoms with Gasteiger partial charge in [-0.2, -0.15) is 0 Å². The maximum absolute atomic E-state index is 5.69. The van der Waals surface area contributed by atoms with E-state index >= 15 is 0 Å². The summed E-state index contributed by atoms with van der Waals surface area (Å²) >= 11 is 0. The molecule has 0 aliphatic heterocycles. The second-order valence-electron chi connectivity index (χ2n) is 5.31. The minimum Gasteiger partial charge on any atom is -0.328 e. The van der Waals surface area contributed by atoms with Crippen molar-refractivity contribution in [2.24, 2.45) is 11.1 Å². The Balaban J connectivity index is 1.84. The van der Waals surface area contributed by atoms with Gasteiger partial charge in [0, 0.05) is 12.6 Å². The lowest BCUT2D eigenvalue weighted by Crippen LogP contribution is -2.37. The zero-order chi connectivity index (χ0) is 10.4. The lowest BCUT2D eigenvalue weighted by atomic mass is 9.70. The molecule has 0 amide bonds. The summed E-state index contributed by atoms with van der Waals surface area (Å²) in [7, 11) is 0. The fourth-order valence-corrected chi connectivity index (χ4v) is 2.06. The van der Waals surface area contributed by atoms with Crippen molar-refractivity contribution in [2.75, 3.05) is 13.1 Å². The van der Waals surface area contributed by atoms with Crippen LogP contribution in [0.1, 0.15) is 52.4 Å². The van der Waals surface area contributed by atoms with Crippen LogP contribution in [-0.4, -0.2) is 19.1 Å². The van der Waals surface area contributed by atoms with Gasteiger partial charge in [-0.25, -0.2) is 0 Å². The van der Waals surface area contributed by atoms with Crippen LogP contribution in [0.3, 0.4) is 0 Å². The molecule has 1 saturated carbocycles. The van der Waals surface area contributed by atoms with Crippen LogP contribution in [0.25, 0.3) is 0 Å². The standard InChI is InChI=1S/C12H26N2/c1-11(13)6-3-4-9-14-10-12(2)7-5-8-12/h11,14H,3-10,13H2,1-2H3. The summed E-state index contributed by atoms with van der Waals surface area (Å²) in [6.07, 6.45) is 7.97. The van der Waals surface area contributed by atoms with Gasteiger partial charge in [-0.1, -0.05) is 19.8 Å². The normalized spacial score (nSPS) is 21.6. The summed E-state index contributed by atoms with van der Waals surface area (Å²) in [6.45, 7) is 6.86. The Bertz CT molecular complexity index is 150. The summed E-state index contributed by atoms with van der Waals surface area (Å²) in [4.78, 5) is 0. The van der Waals surface area contributed by atoms with Gasteiger partial charge in [0.05, 0.1) is 0 Å². The highest BCUT2D eigenvalue weighted by Gasteiger charge is 2.30. The van der Waals surface area contributed by atoms with Gasteiger partial charge in [0.15, 0.2) is 0 Å². The van der Waals surface area contributed by atoms with Crippen LogP contribution < -0.4 is 11.1 Å². The first-order chi connectivity index (χ1) is 6.62. The summed E-state index contributed by atoms with van der Waals surface area (Å²) in [5.74, 6) is 0. The molecule has 1 fully saturated rings. The van der Waals surface area contributed by atoms with E-state index < -0.39 is 0 Å². The Morgan fingerprint density at radius 1 is 1.36 bits per heavy atom. The van der Waals surface area contributed by atoms with Crippen molar-refractivity contribution in [1.29, 1.82) is 0 Å². The van der Waals surface area contributed by atoms with Crippen LogP contribution in [-0.2, 0) is 0 Å². The van der Waals surface area contributed by atoms with E-state index in [0.717, 1.165) is 0 Å². The molecule has 0 saturated heterocycles. The van der Waals surface area contributed by atoms with Gasteiger partial charge in [-0.05, 0) is 44.6 Å². The van der Waals surface area contributed by atoms with E-state index in [9.17, 15) is 0 Å². The Labute approximate surface area is 88.6 Å². The second-order valence-corrected chi connectivity index (χ2v) is 5.31. The minimum absolute atomic E-state index is 0.374. The number of unbranched alkanes of at least 4 members (excludes halogenated alkanes) is 1. The first kappa shape index (κ1) is 12.0. The lowest BCUT2D eigenvalue weighted by molar-refractivity contribution is 0.157.